The van der Waals surface area contributed by atoms with Gasteiger partial charge in [-0.3, -0.25) is 10.1 Å². The third-order valence-electron chi connectivity index (χ3n) is 3.27. The Morgan fingerprint density at radius 3 is 2.90 bits per heavy atom. The highest BCUT2D eigenvalue weighted by molar-refractivity contribution is 7.20. The smallest absolute Gasteiger partial charge is 0.320 e. The second-order valence-corrected chi connectivity index (χ2v) is 6.51. The number of nitrogens with zero attached hydrogens (tertiary/aromatic N) is 1. The molecule has 0 fully saturated rings. The Hall–Kier alpha value is -1.24. The van der Waals surface area contributed by atoms with Gasteiger partial charge in [0.2, 0.25) is 0 Å². The molecule has 2 aromatic heterocycles. The van der Waals surface area contributed by atoms with Crippen molar-refractivity contribution in [1.29, 1.82) is 0 Å². The first-order chi connectivity index (χ1) is 9.61. The standard InChI is InChI=1S/C14H18N2O2S2/c1-3-9(2)12(14(17)18)15-7-10-8-20-13(16-10)11-5-4-6-19-11/h4-6,8-9,12,15H,3,7H2,1-2H3,(H,17,18)/t9-,12-/m0/s1. The fourth-order valence-corrected chi connectivity index (χ4v) is 3.52. The molecule has 2 N–H and O–H groups in total. The van der Waals surface area contributed by atoms with Crippen molar-refractivity contribution in [3.63, 3.8) is 0 Å². The summed E-state index contributed by atoms with van der Waals surface area (Å²) >= 11 is 3.25. The molecule has 0 spiro atoms. The van der Waals surface area contributed by atoms with Crippen LogP contribution in [0.4, 0.5) is 0 Å². The Morgan fingerprint density at radius 2 is 2.30 bits per heavy atom. The van der Waals surface area contributed by atoms with Gasteiger partial charge in [0.05, 0.1) is 10.6 Å². The van der Waals surface area contributed by atoms with Gasteiger partial charge in [0.1, 0.15) is 11.0 Å². The number of rotatable bonds is 7. The van der Waals surface area contributed by atoms with Gasteiger partial charge in [0.15, 0.2) is 0 Å². The maximum Gasteiger partial charge on any atom is 0.320 e. The van der Waals surface area contributed by atoms with Gasteiger partial charge in [-0.05, 0) is 17.4 Å². The highest BCUT2D eigenvalue weighted by Gasteiger charge is 2.22. The van der Waals surface area contributed by atoms with Crippen molar-refractivity contribution in [3.8, 4) is 9.88 Å². The van der Waals surface area contributed by atoms with Crippen LogP contribution < -0.4 is 5.32 Å². The fraction of sp³-hybridized carbons (Fsp3) is 0.429. The van der Waals surface area contributed by atoms with E-state index in [-0.39, 0.29) is 5.92 Å². The molecular formula is C14H18N2O2S2. The summed E-state index contributed by atoms with van der Waals surface area (Å²) in [5.41, 5.74) is 0.896. The molecule has 0 aliphatic rings. The molecular weight excluding hydrogens is 292 g/mol. The quantitative estimate of drug-likeness (QED) is 0.822. The first-order valence-corrected chi connectivity index (χ1v) is 8.32. The maximum atomic E-state index is 11.2. The van der Waals surface area contributed by atoms with Crippen LogP contribution in [0.25, 0.3) is 9.88 Å². The van der Waals surface area contributed by atoms with Crippen LogP contribution in [0.15, 0.2) is 22.9 Å². The number of hydrogen-bond acceptors (Lipinski definition) is 5. The third-order valence-corrected chi connectivity index (χ3v) is 5.20. The number of carboxylic acid groups (broad SMARTS) is 1. The number of hydrogen-bond donors (Lipinski definition) is 2. The van der Waals surface area contributed by atoms with Gasteiger partial charge in [0, 0.05) is 11.9 Å². The minimum absolute atomic E-state index is 0.0999. The number of thiazole rings is 1. The van der Waals surface area contributed by atoms with Gasteiger partial charge in [-0.25, -0.2) is 4.98 Å². The van der Waals surface area contributed by atoms with Crippen LogP contribution in [0.5, 0.6) is 0 Å². The molecule has 0 saturated heterocycles. The van der Waals surface area contributed by atoms with Crippen molar-refractivity contribution in [3.05, 3.63) is 28.6 Å². The molecule has 2 rings (SSSR count). The summed E-state index contributed by atoms with van der Waals surface area (Å²) < 4.78 is 0. The zero-order valence-electron chi connectivity index (χ0n) is 11.5. The van der Waals surface area contributed by atoms with E-state index >= 15 is 0 Å². The van der Waals surface area contributed by atoms with Crippen LogP contribution in [-0.4, -0.2) is 22.1 Å². The van der Waals surface area contributed by atoms with E-state index in [1.807, 2.05) is 36.7 Å². The number of aliphatic carboxylic acids is 1. The van der Waals surface area contributed by atoms with E-state index in [1.54, 1.807) is 22.7 Å². The lowest BCUT2D eigenvalue weighted by Crippen LogP contribution is -2.41. The zero-order valence-corrected chi connectivity index (χ0v) is 13.1. The minimum atomic E-state index is -0.798. The largest absolute Gasteiger partial charge is 0.480 e. The van der Waals surface area contributed by atoms with E-state index in [1.165, 1.54) is 0 Å². The Bertz CT molecular complexity index is 551. The molecule has 20 heavy (non-hydrogen) atoms. The second kappa shape index (κ2) is 6.97. The van der Waals surface area contributed by atoms with Gasteiger partial charge in [-0.15, -0.1) is 22.7 Å². The maximum absolute atomic E-state index is 11.2. The summed E-state index contributed by atoms with van der Waals surface area (Å²) in [5.74, 6) is -0.698. The molecule has 2 heterocycles. The molecule has 0 amide bonds. The van der Waals surface area contributed by atoms with Crippen LogP contribution in [0.3, 0.4) is 0 Å². The Morgan fingerprint density at radius 1 is 1.50 bits per heavy atom. The van der Waals surface area contributed by atoms with E-state index in [4.69, 9.17) is 0 Å². The molecule has 0 bridgehead atoms. The monoisotopic (exact) mass is 310 g/mol. The Balaban J connectivity index is 1.98. The van der Waals surface area contributed by atoms with Gasteiger partial charge in [0.25, 0.3) is 0 Å². The summed E-state index contributed by atoms with van der Waals surface area (Å²) in [7, 11) is 0. The van der Waals surface area contributed by atoms with Crippen LogP contribution in [0.2, 0.25) is 0 Å². The van der Waals surface area contributed by atoms with Crippen molar-refractivity contribution in [1.82, 2.24) is 10.3 Å². The SMILES string of the molecule is CC[C@H](C)[C@H](NCc1csc(-c2cccs2)n1)C(=O)O. The first kappa shape index (κ1) is 15.2. The minimum Gasteiger partial charge on any atom is -0.480 e. The third kappa shape index (κ3) is 3.65. The van der Waals surface area contributed by atoms with Crippen molar-refractivity contribution in [2.75, 3.05) is 0 Å². The molecule has 108 valence electrons. The predicted octanol–water partition coefficient (Wildman–Crippen LogP) is 3.46. The number of carboxylic acids is 1. The molecule has 6 heteroatoms. The van der Waals surface area contributed by atoms with E-state index < -0.39 is 12.0 Å². The molecule has 0 saturated carbocycles. The van der Waals surface area contributed by atoms with Crippen LogP contribution in [0.1, 0.15) is 26.0 Å². The normalized spacial score (nSPS) is 14.1. The molecule has 0 unspecified atom stereocenters. The lowest BCUT2D eigenvalue weighted by atomic mass is 9.99. The number of nitrogens with one attached hydrogen (secondary N) is 1. The predicted molar refractivity (Wildman–Crippen MR) is 83.1 cm³/mol. The van der Waals surface area contributed by atoms with Gasteiger partial charge >= 0.3 is 5.97 Å². The summed E-state index contributed by atoms with van der Waals surface area (Å²) in [6.45, 7) is 4.44. The Kier molecular flexibility index (Phi) is 5.28. The molecule has 2 atom stereocenters. The number of aromatic nitrogens is 1. The lowest BCUT2D eigenvalue weighted by molar-refractivity contribution is -0.140. The van der Waals surface area contributed by atoms with Crippen molar-refractivity contribution >= 4 is 28.6 Å². The second-order valence-electron chi connectivity index (χ2n) is 4.70. The summed E-state index contributed by atoms with van der Waals surface area (Å²) in [6, 6.07) is 3.52. The average molecular weight is 310 g/mol. The fourth-order valence-electron chi connectivity index (χ4n) is 1.88. The van der Waals surface area contributed by atoms with Crippen LogP contribution in [-0.2, 0) is 11.3 Å². The van der Waals surface area contributed by atoms with Crippen molar-refractivity contribution in [2.24, 2.45) is 5.92 Å². The topological polar surface area (TPSA) is 62.2 Å². The van der Waals surface area contributed by atoms with Gasteiger partial charge in [-0.2, -0.15) is 0 Å². The molecule has 0 aromatic carbocycles. The van der Waals surface area contributed by atoms with Crippen molar-refractivity contribution < 1.29 is 9.90 Å². The molecule has 0 radical (unpaired) electrons. The van der Waals surface area contributed by atoms with Crippen LogP contribution in [0, 0.1) is 5.92 Å². The van der Waals surface area contributed by atoms with E-state index in [9.17, 15) is 9.90 Å². The first-order valence-electron chi connectivity index (χ1n) is 6.56. The van der Waals surface area contributed by atoms with Crippen molar-refractivity contribution in [2.45, 2.75) is 32.9 Å². The van der Waals surface area contributed by atoms with Gasteiger partial charge < -0.3 is 5.11 Å². The summed E-state index contributed by atoms with van der Waals surface area (Å²) in [4.78, 5) is 16.9. The summed E-state index contributed by atoms with van der Waals surface area (Å²) in [6.07, 6.45) is 0.835. The average Bonchev–Trinajstić information content (AvgIpc) is 3.08. The van der Waals surface area contributed by atoms with Crippen LogP contribution >= 0.6 is 22.7 Å². The van der Waals surface area contributed by atoms with E-state index in [0.717, 1.165) is 22.0 Å². The molecule has 0 aliphatic heterocycles. The number of carbonyl (C=O) groups is 1. The molecule has 0 aliphatic carbocycles. The zero-order chi connectivity index (χ0) is 14.5. The number of thiophene rings is 1. The Labute approximate surface area is 126 Å². The highest BCUT2D eigenvalue weighted by atomic mass is 32.1. The summed E-state index contributed by atoms with van der Waals surface area (Å²) in [5, 5.41) is 17.3. The molecule has 4 nitrogen and oxygen atoms in total. The lowest BCUT2D eigenvalue weighted by Gasteiger charge is -2.19. The van der Waals surface area contributed by atoms with E-state index in [2.05, 4.69) is 10.3 Å². The van der Waals surface area contributed by atoms with E-state index in [0.29, 0.717) is 6.54 Å². The van der Waals surface area contributed by atoms with Gasteiger partial charge in [-0.1, -0.05) is 26.3 Å². The highest BCUT2D eigenvalue weighted by Crippen LogP contribution is 2.27. The molecule has 2 aromatic rings.